The molecule has 1 saturated heterocycles. The van der Waals surface area contributed by atoms with E-state index in [1.54, 1.807) is 11.3 Å². The first-order chi connectivity index (χ1) is 7.25. The average Bonchev–Trinajstić information content (AvgIpc) is 2.84. The van der Waals surface area contributed by atoms with Crippen molar-refractivity contribution >= 4 is 42.1 Å². The van der Waals surface area contributed by atoms with Crippen molar-refractivity contribution in [2.45, 2.75) is 19.9 Å². The Morgan fingerprint density at radius 3 is 2.94 bits per heavy atom. The smallest absolute Gasteiger partial charge is 0.224 e. The molecule has 98 valence electrons. The summed E-state index contributed by atoms with van der Waals surface area (Å²) in [6.45, 7) is 4.35. The number of thiazole rings is 1. The molecule has 2 rings (SSSR count). The van der Waals surface area contributed by atoms with Gasteiger partial charge in [-0.2, -0.15) is 0 Å². The maximum Gasteiger partial charge on any atom is 0.224 e. The summed E-state index contributed by atoms with van der Waals surface area (Å²) in [5.74, 6) is 0.310. The Morgan fingerprint density at radius 2 is 2.41 bits per heavy atom. The minimum absolute atomic E-state index is 0. The van der Waals surface area contributed by atoms with E-state index in [0.717, 1.165) is 29.4 Å². The molecule has 0 radical (unpaired) electrons. The highest BCUT2D eigenvalue weighted by molar-refractivity contribution is 7.11. The van der Waals surface area contributed by atoms with E-state index < -0.39 is 0 Å². The molecule has 2 heterocycles. The number of aryl methyl sites for hydroxylation is 1. The summed E-state index contributed by atoms with van der Waals surface area (Å²) < 4.78 is 0. The number of rotatable bonds is 3. The Morgan fingerprint density at radius 1 is 1.65 bits per heavy atom. The van der Waals surface area contributed by atoms with Crippen molar-refractivity contribution in [1.29, 1.82) is 0 Å². The van der Waals surface area contributed by atoms with Gasteiger partial charge in [-0.25, -0.2) is 4.98 Å². The molecule has 0 bridgehead atoms. The number of carbonyl (C=O) groups excluding carboxylic acids is 1. The number of halogens is 2. The van der Waals surface area contributed by atoms with Crippen molar-refractivity contribution in [3.63, 3.8) is 0 Å². The van der Waals surface area contributed by atoms with E-state index >= 15 is 0 Å². The summed E-state index contributed by atoms with van der Waals surface area (Å²) in [6.07, 6.45) is 2.78. The van der Waals surface area contributed by atoms with E-state index in [1.807, 2.05) is 13.1 Å². The highest BCUT2D eigenvalue weighted by Crippen LogP contribution is 2.12. The third-order valence-corrected chi connectivity index (χ3v) is 3.45. The van der Waals surface area contributed by atoms with Crippen LogP contribution in [0.5, 0.6) is 0 Å². The summed E-state index contributed by atoms with van der Waals surface area (Å²) in [7, 11) is 0. The first-order valence-electron chi connectivity index (χ1n) is 5.15. The zero-order valence-electron chi connectivity index (χ0n) is 9.56. The van der Waals surface area contributed by atoms with Crippen LogP contribution in [0.15, 0.2) is 6.20 Å². The standard InChI is InChI=1S/C10H15N3OS.2ClH/c1-7-12-5-9(15-7)6-13-10(14)8-2-3-11-4-8;;/h5,8,11H,2-4,6H2,1H3,(H,13,14);2*1H. The van der Waals surface area contributed by atoms with Crippen LogP contribution in [-0.4, -0.2) is 24.0 Å². The Bertz CT molecular complexity index is 353. The maximum atomic E-state index is 11.7. The zero-order valence-corrected chi connectivity index (χ0v) is 12.0. The van der Waals surface area contributed by atoms with Gasteiger partial charge in [-0.1, -0.05) is 0 Å². The normalized spacial score (nSPS) is 18.1. The number of nitrogens with one attached hydrogen (secondary N) is 2. The van der Waals surface area contributed by atoms with Crippen molar-refractivity contribution in [2.24, 2.45) is 5.92 Å². The molecule has 1 atom stereocenters. The molecule has 7 heteroatoms. The van der Waals surface area contributed by atoms with Gasteiger partial charge in [0, 0.05) is 17.6 Å². The Hall–Kier alpha value is -0.360. The van der Waals surface area contributed by atoms with Crippen molar-refractivity contribution < 1.29 is 4.79 Å². The molecule has 1 fully saturated rings. The predicted octanol–water partition coefficient (Wildman–Crippen LogP) is 1.52. The molecule has 1 aliphatic rings. The molecule has 17 heavy (non-hydrogen) atoms. The van der Waals surface area contributed by atoms with Gasteiger partial charge in [-0.05, 0) is 19.9 Å². The highest BCUT2D eigenvalue weighted by atomic mass is 35.5. The molecular formula is C10H17Cl2N3OS. The summed E-state index contributed by atoms with van der Waals surface area (Å²) in [5, 5.41) is 7.17. The lowest BCUT2D eigenvalue weighted by atomic mass is 10.1. The SMILES string of the molecule is Cc1ncc(CNC(=O)C2CCNC2)s1.Cl.Cl. The predicted molar refractivity (Wildman–Crippen MR) is 74.2 cm³/mol. The zero-order chi connectivity index (χ0) is 10.7. The van der Waals surface area contributed by atoms with Crippen LogP contribution >= 0.6 is 36.2 Å². The van der Waals surface area contributed by atoms with Crippen LogP contribution < -0.4 is 10.6 Å². The van der Waals surface area contributed by atoms with Crippen LogP contribution in [0, 0.1) is 12.8 Å². The quantitative estimate of drug-likeness (QED) is 0.889. The Balaban J connectivity index is 0.00000128. The highest BCUT2D eigenvalue weighted by Gasteiger charge is 2.21. The number of amides is 1. The Kier molecular flexibility index (Phi) is 7.70. The molecule has 0 spiro atoms. The van der Waals surface area contributed by atoms with E-state index in [0.29, 0.717) is 6.54 Å². The average molecular weight is 298 g/mol. The van der Waals surface area contributed by atoms with Crippen LogP contribution in [0.1, 0.15) is 16.3 Å². The van der Waals surface area contributed by atoms with E-state index in [9.17, 15) is 4.79 Å². The second-order valence-electron chi connectivity index (χ2n) is 3.75. The number of aromatic nitrogens is 1. The molecule has 1 amide bonds. The topological polar surface area (TPSA) is 54.0 Å². The molecule has 0 aromatic carbocycles. The molecule has 4 nitrogen and oxygen atoms in total. The second-order valence-corrected chi connectivity index (χ2v) is 5.07. The summed E-state index contributed by atoms with van der Waals surface area (Å²) in [4.78, 5) is 16.9. The summed E-state index contributed by atoms with van der Waals surface area (Å²) in [6, 6.07) is 0. The minimum Gasteiger partial charge on any atom is -0.351 e. The van der Waals surface area contributed by atoms with Crippen molar-refractivity contribution in [3.05, 3.63) is 16.1 Å². The van der Waals surface area contributed by atoms with Gasteiger partial charge in [0.15, 0.2) is 0 Å². The summed E-state index contributed by atoms with van der Waals surface area (Å²) in [5.41, 5.74) is 0. The number of hydrogen-bond donors (Lipinski definition) is 2. The lowest BCUT2D eigenvalue weighted by molar-refractivity contribution is -0.124. The first kappa shape index (κ1) is 16.6. The van der Waals surface area contributed by atoms with Crippen molar-refractivity contribution in [3.8, 4) is 0 Å². The van der Waals surface area contributed by atoms with E-state index in [2.05, 4.69) is 15.6 Å². The third kappa shape index (κ3) is 4.79. The minimum atomic E-state index is 0. The second kappa shape index (κ2) is 7.87. The fraction of sp³-hybridized carbons (Fsp3) is 0.600. The van der Waals surface area contributed by atoms with Crippen molar-refractivity contribution in [1.82, 2.24) is 15.6 Å². The van der Waals surface area contributed by atoms with Gasteiger partial charge in [0.2, 0.25) is 5.91 Å². The monoisotopic (exact) mass is 297 g/mol. The van der Waals surface area contributed by atoms with Crippen LogP contribution in [0.3, 0.4) is 0 Å². The fourth-order valence-corrected chi connectivity index (χ4v) is 2.42. The van der Waals surface area contributed by atoms with E-state index in [1.165, 1.54) is 0 Å². The molecule has 1 aromatic rings. The third-order valence-electron chi connectivity index (χ3n) is 2.54. The van der Waals surface area contributed by atoms with Crippen molar-refractivity contribution in [2.75, 3.05) is 13.1 Å². The van der Waals surface area contributed by atoms with E-state index in [-0.39, 0.29) is 36.6 Å². The van der Waals surface area contributed by atoms with Gasteiger partial charge in [-0.3, -0.25) is 4.79 Å². The lowest BCUT2D eigenvalue weighted by Gasteiger charge is -2.08. The van der Waals surface area contributed by atoms with Crippen LogP contribution in [-0.2, 0) is 11.3 Å². The largest absolute Gasteiger partial charge is 0.351 e. The molecule has 1 aliphatic heterocycles. The molecule has 0 aliphatic carbocycles. The maximum absolute atomic E-state index is 11.7. The van der Waals surface area contributed by atoms with Gasteiger partial charge >= 0.3 is 0 Å². The van der Waals surface area contributed by atoms with Gasteiger partial charge in [0.05, 0.1) is 17.5 Å². The van der Waals surface area contributed by atoms with Crippen LogP contribution in [0.2, 0.25) is 0 Å². The molecule has 1 unspecified atom stereocenters. The van der Waals surface area contributed by atoms with Crippen LogP contribution in [0.25, 0.3) is 0 Å². The number of nitrogens with zero attached hydrogens (tertiary/aromatic N) is 1. The molecule has 2 N–H and O–H groups in total. The number of carbonyl (C=O) groups is 1. The molecule has 0 saturated carbocycles. The fourth-order valence-electron chi connectivity index (χ4n) is 1.68. The van der Waals surface area contributed by atoms with E-state index in [4.69, 9.17) is 0 Å². The van der Waals surface area contributed by atoms with Crippen LogP contribution in [0.4, 0.5) is 0 Å². The first-order valence-corrected chi connectivity index (χ1v) is 5.97. The van der Waals surface area contributed by atoms with Gasteiger partial charge < -0.3 is 10.6 Å². The molecule has 1 aromatic heterocycles. The van der Waals surface area contributed by atoms with Gasteiger partial charge in [-0.15, -0.1) is 36.2 Å². The number of hydrogen-bond acceptors (Lipinski definition) is 4. The summed E-state index contributed by atoms with van der Waals surface area (Å²) >= 11 is 1.63. The lowest BCUT2D eigenvalue weighted by Crippen LogP contribution is -2.31. The molecular weight excluding hydrogens is 281 g/mol. The van der Waals surface area contributed by atoms with Gasteiger partial charge in [0.25, 0.3) is 0 Å². The Labute approximate surface area is 117 Å². The van der Waals surface area contributed by atoms with Gasteiger partial charge in [0.1, 0.15) is 0 Å².